The van der Waals surface area contributed by atoms with Gasteiger partial charge in [-0.3, -0.25) is 14.4 Å². The molecule has 2 aromatic rings. The van der Waals surface area contributed by atoms with Gasteiger partial charge < -0.3 is 14.5 Å². The molecule has 0 N–H and O–H groups in total. The van der Waals surface area contributed by atoms with Gasteiger partial charge in [0.15, 0.2) is 12.4 Å². The number of amides is 1. The van der Waals surface area contributed by atoms with E-state index in [1.807, 2.05) is 0 Å². The van der Waals surface area contributed by atoms with E-state index in [9.17, 15) is 27.6 Å². The molecule has 6 nitrogen and oxygen atoms in total. The number of benzene rings is 2. The highest BCUT2D eigenvalue weighted by atomic mass is 35.5. The number of carbonyl (C=O) groups is 3. The number of piperazine rings is 1. The lowest BCUT2D eigenvalue weighted by atomic mass is 10.1. The maximum Gasteiger partial charge on any atom is 0.416 e. The van der Waals surface area contributed by atoms with Crippen molar-refractivity contribution in [2.45, 2.75) is 19.0 Å². The first-order valence-corrected chi connectivity index (χ1v) is 10.7. The van der Waals surface area contributed by atoms with Crippen LogP contribution in [0, 0.1) is 0 Å². The second kappa shape index (κ2) is 10.7. The van der Waals surface area contributed by atoms with Gasteiger partial charge in [0.1, 0.15) is 0 Å². The largest absolute Gasteiger partial charge is 0.456 e. The summed E-state index contributed by atoms with van der Waals surface area (Å²) in [4.78, 5) is 39.6. The second-order valence-electron chi connectivity index (χ2n) is 7.51. The first kappa shape index (κ1) is 24.6. The molecule has 0 bridgehead atoms. The van der Waals surface area contributed by atoms with Crippen LogP contribution in [0.3, 0.4) is 0 Å². The Bertz CT molecular complexity index is 1000. The van der Waals surface area contributed by atoms with Gasteiger partial charge in [0.05, 0.1) is 12.0 Å². The average Bonchev–Trinajstić information content (AvgIpc) is 2.81. The molecule has 1 amide bonds. The van der Waals surface area contributed by atoms with Crippen LogP contribution >= 0.6 is 11.6 Å². The van der Waals surface area contributed by atoms with Crippen molar-refractivity contribution in [3.63, 3.8) is 0 Å². The maximum atomic E-state index is 12.9. The predicted molar refractivity (Wildman–Crippen MR) is 116 cm³/mol. The summed E-state index contributed by atoms with van der Waals surface area (Å²) >= 11 is 5.78. The molecule has 2 aromatic carbocycles. The van der Waals surface area contributed by atoms with E-state index in [1.54, 1.807) is 35.2 Å². The van der Waals surface area contributed by atoms with Crippen molar-refractivity contribution in [2.24, 2.45) is 0 Å². The molecule has 176 valence electrons. The van der Waals surface area contributed by atoms with Gasteiger partial charge in [-0.2, -0.15) is 13.2 Å². The molecule has 10 heteroatoms. The molecule has 0 atom stereocenters. The van der Waals surface area contributed by atoms with Crippen LogP contribution < -0.4 is 4.90 Å². The van der Waals surface area contributed by atoms with Gasteiger partial charge >= 0.3 is 12.1 Å². The quantitative estimate of drug-likeness (QED) is 0.437. The van der Waals surface area contributed by atoms with Crippen LogP contribution in [0.1, 0.15) is 28.8 Å². The number of anilines is 1. The number of ether oxygens (including phenoxy) is 1. The fourth-order valence-electron chi connectivity index (χ4n) is 3.39. The lowest BCUT2D eigenvalue weighted by Gasteiger charge is -2.36. The van der Waals surface area contributed by atoms with Crippen molar-refractivity contribution in [1.82, 2.24) is 4.90 Å². The smallest absolute Gasteiger partial charge is 0.416 e. The van der Waals surface area contributed by atoms with Crippen molar-refractivity contribution >= 4 is 34.9 Å². The number of hydrogen-bond acceptors (Lipinski definition) is 5. The minimum absolute atomic E-state index is 0.0513. The van der Waals surface area contributed by atoms with E-state index < -0.39 is 30.2 Å². The van der Waals surface area contributed by atoms with Gasteiger partial charge in [-0.15, -0.1) is 0 Å². The number of nitrogens with zero attached hydrogens (tertiary/aromatic N) is 2. The Kier molecular flexibility index (Phi) is 7.97. The Morgan fingerprint density at radius 2 is 1.61 bits per heavy atom. The first-order valence-electron chi connectivity index (χ1n) is 10.3. The zero-order valence-corrected chi connectivity index (χ0v) is 18.4. The summed E-state index contributed by atoms with van der Waals surface area (Å²) in [7, 11) is 0. The zero-order chi connectivity index (χ0) is 24.0. The molecule has 0 unspecified atom stereocenters. The minimum Gasteiger partial charge on any atom is -0.456 e. The third kappa shape index (κ3) is 6.95. The summed E-state index contributed by atoms with van der Waals surface area (Å²) in [5.41, 5.74) is 0.149. The number of rotatable bonds is 7. The van der Waals surface area contributed by atoms with Gasteiger partial charge in [-0.25, -0.2) is 0 Å². The third-order valence-corrected chi connectivity index (χ3v) is 5.50. The molecule has 0 saturated carbocycles. The van der Waals surface area contributed by atoms with Crippen molar-refractivity contribution in [3.8, 4) is 0 Å². The van der Waals surface area contributed by atoms with Crippen LogP contribution in [0.25, 0.3) is 0 Å². The van der Waals surface area contributed by atoms with E-state index in [0.29, 0.717) is 42.5 Å². The van der Waals surface area contributed by atoms with E-state index in [-0.39, 0.29) is 18.6 Å². The van der Waals surface area contributed by atoms with E-state index in [2.05, 4.69) is 0 Å². The standard InChI is InChI=1S/C23H22ClF3N2O4/c24-18-6-4-16(5-7-18)20(30)8-9-22(32)33-15-21(31)29-12-10-28(11-13-29)19-3-1-2-17(14-19)23(25,26)27/h1-7,14H,8-13,15H2. The Morgan fingerprint density at radius 1 is 0.939 bits per heavy atom. The average molecular weight is 483 g/mol. The molecule has 1 fully saturated rings. The fourth-order valence-corrected chi connectivity index (χ4v) is 3.52. The van der Waals surface area contributed by atoms with Gasteiger partial charge in [0.2, 0.25) is 0 Å². The summed E-state index contributed by atoms with van der Waals surface area (Å²) in [6.07, 6.45) is -4.63. The van der Waals surface area contributed by atoms with Crippen molar-refractivity contribution in [1.29, 1.82) is 0 Å². The lowest BCUT2D eigenvalue weighted by molar-refractivity contribution is -0.152. The lowest BCUT2D eigenvalue weighted by Crippen LogP contribution is -2.50. The minimum atomic E-state index is -4.42. The highest BCUT2D eigenvalue weighted by Gasteiger charge is 2.31. The van der Waals surface area contributed by atoms with Crippen molar-refractivity contribution in [3.05, 3.63) is 64.7 Å². The van der Waals surface area contributed by atoms with Crippen LogP contribution in [0.2, 0.25) is 5.02 Å². The third-order valence-electron chi connectivity index (χ3n) is 5.25. The molecule has 1 heterocycles. The molecule has 1 aliphatic heterocycles. The Labute approximate surface area is 193 Å². The van der Waals surface area contributed by atoms with E-state index in [4.69, 9.17) is 16.3 Å². The highest BCUT2D eigenvalue weighted by Crippen LogP contribution is 2.31. The number of carbonyl (C=O) groups excluding carboxylic acids is 3. The van der Waals surface area contributed by atoms with Crippen molar-refractivity contribution in [2.75, 3.05) is 37.7 Å². The summed E-state index contributed by atoms with van der Waals surface area (Å²) in [5.74, 6) is -1.29. The van der Waals surface area contributed by atoms with Crippen LogP contribution in [-0.2, 0) is 20.5 Å². The van der Waals surface area contributed by atoms with Gasteiger partial charge in [-0.1, -0.05) is 17.7 Å². The van der Waals surface area contributed by atoms with Crippen molar-refractivity contribution < 1.29 is 32.3 Å². The second-order valence-corrected chi connectivity index (χ2v) is 7.94. The Balaban J connectivity index is 1.41. The monoisotopic (exact) mass is 482 g/mol. The number of Topliss-reactive ketones (excluding diaryl/α,β-unsaturated/α-hetero) is 1. The molecule has 1 aliphatic rings. The Hall–Kier alpha value is -3.07. The van der Waals surface area contributed by atoms with E-state index >= 15 is 0 Å². The van der Waals surface area contributed by atoms with Crippen LogP contribution in [0.15, 0.2) is 48.5 Å². The van der Waals surface area contributed by atoms with Crippen LogP contribution in [-0.4, -0.2) is 55.3 Å². The summed E-state index contributed by atoms with van der Waals surface area (Å²) < 4.78 is 43.7. The number of hydrogen-bond donors (Lipinski definition) is 0. The maximum absolute atomic E-state index is 12.9. The number of halogens is 4. The van der Waals surface area contributed by atoms with Gasteiger partial charge in [0.25, 0.3) is 5.91 Å². The topological polar surface area (TPSA) is 66.9 Å². The molecular formula is C23H22ClF3N2O4. The molecule has 0 aliphatic carbocycles. The van der Waals surface area contributed by atoms with E-state index in [1.165, 1.54) is 11.0 Å². The van der Waals surface area contributed by atoms with Crippen LogP contribution in [0.5, 0.6) is 0 Å². The Morgan fingerprint density at radius 3 is 2.24 bits per heavy atom. The van der Waals surface area contributed by atoms with Gasteiger partial charge in [0, 0.05) is 48.9 Å². The fraction of sp³-hybridized carbons (Fsp3) is 0.348. The molecular weight excluding hydrogens is 461 g/mol. The summed E-state index contributed by atoms with van der Waals surface area (Å²) in [6.45, 7) is 0.855. The highest BCUT2D eigenvalue weighted by molar-refractivity contribution is 6.30. The molecule has 1 saturated heterocycles. The number of alkyl halides is 3. The van der Waals surface area contributed by atoms with Gasteiger partial charge in [-0.05, 0) is 42.5 Å². The summed E-state index contributed by atoms with van der Waals surface area (Å²) in [6, 6.07) is 11.4. The first-order chi connectivity index (χ1) is 15.6. The normalized spacial score (nSPS) is 14.2. The van der Waals surface area contributed by atoms with Crippen LogP contribution in [0.4, 0.5) is 18.9 Å². The number of esters is 1. The van der Waals surface area contributed by atoms with E-state index in [0.717, 1.165) is 12.1 Å². The predicted octanol–water partition coefficient (Wildman–Crippen LogP) is 4.21. The molecule has 0 spiro atoms. The molecule has 3 rings (SSSR count). The summed E-state index contributed by atoms with van der Waals surface area (Å²) in [5, 5.41) is 0.500. The zero-order valence-electron chi connectivity index (χ0n) is 17.6. The molecule has 0 radical (unpaired) electrons. The SMILES string of the molecule is O=C(CCC(=O)c1ccc(Cl)cc1)OCC(=O)N1CCN(c2cccc(C(F)(F)F)c2)CC1. The molecule has 0 aromatic heterocycles. The molecule has 33 heavy (non-hydrogen) atoms. The number of ketones is 1.